The summed E-state index contributed by atoms with van der Waals surface area (Å²) in [6.45, 7) is 22.0. The lowest BCUT2D eigenvalue weighted by molar-refractivity contribution is 0.0912. The molecule has 3 aromatic carbocycles. The number of aliphatic hydroxyl groups is 3. The summed E-state index contributed by atoms with van der Waals surface area (Å²) in [5, 5.41) is 37.4. The van der Waals surface area contributed by atoms with Gasteiger partial charge in [0.15, 0.2) is 17.5 Å². The Balaban J connectivity index is 0.000000165. The van der Waals surface area contributed by atoms with Crippen LogP contribution in [0.4, 0.5) is 30.6 Å². The molecule has 546 valence electrons. The zero-order valence-corrected chi connectivity index (χ0v) is 61.1. The molecule has 3 fully saturated rings. The van der Waals surface area contributed by atoms with Crippen molar-refractivity contribution in [3.05, 3.63) is 156 Å². The summed E-state index contributed by atoms with van der Waals surface area (Å²) in [6, 6.07) is 3.71. The number of imidazole rings is 3. The normalized spacial score (nSPS) is 19.1. The quantitative estimate of drug-likeness (QED) is 0.0385. The third kappa shape index (κ3) is 15.9. The number of ether oxygens (including phenoxy) is 3. The van der Waals surface area contributed by atoms with Crippen LogP contribution in [0.25, 0.3) is 16.6 Å². The van der Waals surface area contributed by atoms with Crippen molar-refractivity contribution in [1.29, 1.82) is 0 Å². The molecule has 0 bridgehead atoms. The summed E-state index contributed by atoms with van der Waals surface area (Å²) in [6.07, 6.45) is 12.5. The number of halogens is 6. The number of anilines is 3. The fraction of sp³-hybridized carbons (Fsp3) is 0.458. The van der Waals surface area contributed by atoms with Gasteiger partial charge in [-0.1, -0.05) is 55.6 Å². The van der Waals surface area contributed by atoms with Gasteiger partial charge < -0.3 is 62.7 Å². The minimum absolute atomic E-state index is 0.122. The number of nitrogens with two attached hydrogens (primary N) is 3. The molecule has 3 saturated carbocycles. The van der Waals surface area contributed by atoms with Gasteiger partial charge in [0.2, 0.25) is 0 Å². The minimum atomic E-state index is -0.845. The smallest absolute Gasteiger partial charge is 0.258 e. The molecule has 12 N–H and O–H groups in total. The molecule has 9 aromatic rings. The van der Waals surface area contributed by atoms with Crippen LogP contribution in [0.3, 0.4) is 0 Å². The SMILES string of the molecule is Cc1nc(C(C)c2cc(Cl)c(F)c(C(=O)N[C@H]3CC[C@@H](O)C3)c2OC(C)C)n2ccnc(N)c12.Cc1nc(C(C)c2cc(Cl)c(F)c(C(=O)N[C@H]3CC[C@@H](O)C3)c2OC(C)C)n2ccnc(N)c12.Cc1nc(C(C)c2cc(Cl)c(F)c(C(=O)N[C@H]3CC[C@@H](O)C3)c2OC(C)C)n2ccnc(N)c12. The Labute approximate surface area is 603 Å². The van der Waals surface area contributed by atoms with E-state index in [1.165, 1.54) is 18.2 Å². The summed E-state index contributed by atoms with van der Waals surface area (Å²) in [7, 11) is 0. The lowest BCUT2D eigenvalue weighted by Gasteiger charge is -2.23. The average molecular weight is 1470 g/mol. The highest BCUT2D eigenvalue weighted by Gasteiger charge is 2.37. The van der Waals surface area contributed by atoms with Crippen molar-refractivity contribution in [3.8, 4) is 17.2 Å². The second kappa shape index (κ2) is 31.5. The Morgan fingerprint density at radius 1 is 0.461 bits per heavy atom. The van der Waals surface area contributed by atoms with Crippen LogP contribution in [-0.4, -0.2) is 131 Å². The van der Waals surface area contributed by atoms with Crippen LogP contribution in [0.5, 0.6) is 17.2 Å². The lowest BCUT2D eigenvalue weighted by atomic mass is 9.95. The molecule has 0 aliphatic heterocycles. The van der Waals surface area contributed by atoms with Crippen LogP contribution < -0.4 is 47.4 Å². The lowest BCUT2D eigenvalue weighted by Crippen LogP contribution is -2.34. The number of aryl methyl sites for hydroxylation is 3. The van der Waals surface area contributed by atoms with E-state index in [0.717, 1.165) is 0 Å². The van der Waals surface area contributed by atoms with Crippen molar-refractivity contribution in [1.82, 2.24) is 59.1 Å². The number of nitrogen functional groups attached to an aromatic ring is 3. The van der Waals surface area contributed by atoms with Crippen LogP contribution in [0.15, 0.2) is 55.4 Å². The number of benzene rings is 3. The Kier molecular flexibility index (Phi) is 23.4. The number of carbonyl (C=O) groups excluding carboxylic acids is 3. The maximum atomic E-state index is 15.3. The molecule has 0 radical (unpaired) electrons. The first-order valence-electron chi connectivity index (χ1n) is 34.0. The third-order valence-corrected chi connectivity index (χ3v) is 19.3. The molecule has 6 heterocycles. The molecule has 3 aliphatic rings. The monoisotopic (exact) mass is 1470 g/mol. The first-order valence-corrected chi connectivity index (χ1v) is 35.2. The largest absolute Gasteiger partial charge is 0.490 e. The number of aliphatic hydroxyl groups excluding tert-OH is 3. The Morgan fingerprint density at radius 2 is 0.706 bits per heavy atom. The highest BCUT2D eigenvalue weighted by atomic mass is 35.5. The first kappa shape index (κ1) is 75.9. The molecule has 9 atom stereocenters. The van der Waals surface area contributed by atoms with E-state index in [4.69, 9.17) is 66.2 Å². The maximum absolute atomic E-state index is 15.3. The van der Waals surface area contributed by atoms with Gasteiger partial charge in [-0.15, -0.1) is 0 Å². The molecule has 3 amide bonds. The van der Waals surface area contributed by atoms with Gasteiger partial charge in [0.25, 0.3) is 17.7 Å². The second-order valence-electron chi connectivity index (χ2n) is 27.2. The molecule has 12 rings (SSSR count). The van der Waals surface area contributed by atoms with E-state index < -0.39 is 71.2 Å². The number of carbonyl (C=O) groups is 3. The average Bonchev–Trinajstić information content (AvgIpc) is 1.36. The van der Waals surface area contributed by atoms with E-state index in [2.05, 4.69) is 45.9 Å². The fourth-order valence-corrected chi connectivity index (χ4v) is 14.4. The number of amides is 3. The van der Waals surface area contributed by atoms with Crippen LogP contribution in [0.2, 0.25) is 15.1 Å². The number of hydrogen-bond donors (Lipinski definition) is 9. The van der Waals surface area contributed by atoms with Gasteiger partial charge in [-0.25, -0.2) is 43.1 Å². The first-order chi connectivity index (χ1) is 48.2. The van der Waals surface area contributed by atoms with Crippen molar-refractivity contribution in [3.63, 3.8) is 0 Å². The van der Waals surface area contributed by atoms with Gasteiger partial charge in [-0.2, -0.15) is 0 Å². The van der Waals surface area contributed by atoms with Crippen LogP contribution in [0, 0.1) is 38.2 Å². The molecule has 0 spiro atoms. The Bertz CT molecular complexity index is 4190. The van der Waals surface area contributed by atoms with E-state index in [1.807, 2.05) is 54.7 Å². The fourth-order valence-electron chi connectivity index (χ4n) is 13.7. The molecular weight excluding hydrogens is 1380 g/mol. The molecule has 6 aromatic heterocycles. The van der Waals surface area contributed by atoms with Gasteiger partial charge in [0, 0.05) is 89.8 Å². The number of fused-ring (bicyclic) bond motifs is 3. The van der Waals surface area contributed by atoms with Crippen molar-refractivity contribution in [2.75, 3.05) is 17.2 Å². The summed E-state index contributed by atoms with van der Waals surface area (Å²) in [4.78, 5) is 66.2. The van der Waals surface area contributed by atoms with Gasteiger partial charge in [0.05, 0.1) is 68.8 Å². The van der Waals surface area contributed by atoms with Crippen molar-refractivity contribution in [2.45, 2.75) is 213 Å². The number of nitrogens with one attached hydrogen (secondary N) is 3. The third-order valence-electron chi connectivity index (χ3n) is 18.5. The molecule has 24 nitrogen and oxygen atoms in total. The number of rotatable bonds is 18. The van der Waals surface area contributed by atoms with Crippen molar-refractivity contribution < 1.29 is 57.1 Å². The number of nitrogens with zero attached hydrogens (tertiary/aromatic N) is 9. The van der Waals surface area contributed by atoms with Gasteiger partial charge >= 0.3 is 0 Å². The summed E-state index contributed by atoms with van der Waals surface area (Å²) >= 11 is 18.9. The second-order valence-corrected chi connectivity index (χ2v) is 28.5. The van der Waals surface area contributed by atoms with Gasteiger partial charge in [0.1, 0.15) is 85.4 Å². The molecule has 3 aliphatic carbocycles. The van der Waals surface area contributed by atoms with E-state index in [9.17, 15) is 29.7 Å². The number of aromatic nitrogens is 9. The van der Waals surface area contributed by atoms with E-state index in [0.29, 0.717) is 143 Å². The molecular formula is C72H87Cl3F3N15O9. The van der Waals surface area contributed by atoms with Crippen LogP contribution >= 0.6 is 34.8 Å². The molecule has 0 saturated heterocycles. The van der Waals surface area contributed by atoms with Crippen molar-refractivity contribution in [2.24, 2.45) is 0 Å². The summed E-state index contributed by atoms with van der Waals surface area (Å²) in [5.41, 5.74) is 23.2. The predicted octanol–water partition coefficient (Wildman–Crippen LogP) is 12.0. The zero-order valence-electron chi connectivity index (χ0n) is 58.8. The van der Waals surface area contributed by atoms with Crippen LogP contribution in [0.1, 0.15) is 220 Å². The zero-order chi connectivity index (χ0) is 74.2. The summed E-state index contributed by atoms with van der Waals surface area (Å²) in [5.74, 6) is -2.38. The molecule has 30 heteroatoms. The van der Waals surface area contributed by atoms with Crippen molar-refractivity contribution >= 4 is 86.5 Å². The minimum Gasteiger partial charge on any atom is -0.490 e. The Hall–Kier alpha value is -8.73. The maximum Gasteiger partial charge on any atom is 0.258 e. The standard InChI is InChI=1S/3C24H29ClFN5O3/c3*1-11(2)34-21-16(12(3)23-29-13(4)20-22(27)28-7-8-31(20)23)10-17(25)19(26)18(21)24(33)30-14-5-6-15(32)9-14/h3*7-8,10-12,14-15,32H,5-6,9H2,1-4H3,(H2,27,28)(H,30,33)/t3*12?,14-,15+/m000/s1. The van der Waals surface area contributed by atoms with Gasteiger partial charge in [-0.05, 0) is 138 Å². The molecule has 3 unspecified atom stereocenters. The predicted molar refractivity (Wildman–Crippen MR) is 384 cm³/mol. The topological polar surface area (TPSA) is 344 Å². The Morgan fingerprint density at radius 3 is 0.922 bits per heavy atom. The van der Waals surface area contributed by atoms with E-state index >= 15 is 13.2 Å². The highest BCUT2D eigenvalue weighted by Crippen LogP contribution is 2.44. The van der Waals surface area contributed by atoms with E-state index in [-0.39, 0.29) is 85.4 Å². The number of hydrogen-bond acceptors (Lipinski definition) is 18. The van der Waals surface area contributed by atoms with E-state index in [1.54, 1.807) is 78.7 Å². The van der Waals surface area contributed by atoms with Crippen LogP contribution in [-0.2, 0) is 0 Å². The highest BCUT2D eigenvalue weighted by molar-refractivity contribution is 6.32. The van der Waals surface area contributed by atoms with Gasteiger partial charge in [-0.3, -0.25) is 27.6 Å². The summed E-state index contributed by atoms with van der Waals surface area (Å²) < 4.78 is 69.5. The molecule has 102 heavy (non-hydrogen) atoms.